The average molecular weight is 503 g/mol. The first-order valence-corrected chi connectivity index (χ1v) is 13.5. The van der Waals surface area contributed by atoms with Gasteiger partial charge in [-0.25, -0.2) is 4.68 Å². The summed E-state index contributed by atoms with van der Waals surface area (Å²) in [5.74, 6) is 0.389. The third kappa shape index (κ3) is 8.31. The van der Waals surface area contributed by atoms with Gasteiger partial charge in [-0.05, 0) is 30.5 Å². The lowest BCUT2D eigenvalue weighted by atomic mass is 9.92. The Labute approximate surface area is 222 Å². The normalized spacial score (nSPS) is 11.4. The van der Waals surface area contributed by atoms with Gasteiger partial charge < -0.3 is 10.2 Å². The number of rotatable bonds is 12. The van der Waals surface area contributed by atoms with Crippen molar-refractivity contribution >= 4 is 17.6 Å². The molecule has 0 spiro atoms. The number of nitrogens with zero attached hydrogens (tertiary/aromatic N) is 3. The maximum absolute atomic E-state index is 13.3. The van der Waals surface area contributed by atoms with Crippen molar-refractivity contribution in [2.24, 2.45) is 0 Å². The molecular formula is C31H42N4O2. The fraction of sp³-hybridized carbons (Fsp3) is 0.452. The lowest BCUT2D eigenvalue weighted by Crippen LogP contribution is -2.37. The van der Waals surface area contributed by atoms with Gasteiger partial charge in [0.25, 0.3) is 0 Å². The molecule has 1 aromatic heterocycles. The zero-order valence-corrected chi connectivity index (χ0v) is 23.1. The molecule has 6 nitrogen and oxygen atoms in total. The van der Waals surface area contributed by atoms with Gasteiger partial charge in [0.1, 0.15) is 12.4 Å². The molecule has 37 heavy (non-hydrogen) atoms. The van der Waals surface area contributed by atoms with Crippen molar-refractivity contribution < 1.29 is 9.59 Å². The molecule has 6 heteroatoms. The Morgan fingerprint density at radius 3 is 2.30 bits per heavy atom. The molecule has 0 unspecified atom stereocenters. The third-order valence-electron chi connectivity index (χ3n) is 6.49. The van der Waals surface area contributed by atoms with Crippen LogP contribution in [0.5, 0.6) is 0 Å². The Morgan fingerprint density at radius 1 is 0.946 bits per heavy atom. The van der Waals surface area contributed by atoms with E-state index in [4.69, 9.17) is 5.10 Å². The molecule has 198 valence electrons. The number of carbonyl (C=O) groups excluding carboxylic acids is 2. The fourth-order valence-corrected chi connectivity index (χ4v) is 4.25. The van der Waals surface area contributed by atoms with Gasteiger partial charge in [0.2, 0.25) is 11.8 Å². The second kappa shape index (κ2) is 13.2. The predicted molar refractivity (Wildman–Crippen MR) is 151 cm³/mol. The number of carbonyl (C=O) groups is 2. The lowest BCUT2D eigenvalue weighted by molar-refractivity contribution is -0.135. The van der Waals surface area contributed by atoms with Crippen molar-refractivity contribution in [2.45, 2.75) is 85.1 Å². The highest BCUT2D eigenvalue weighted by molar-refractivity contribution is 5.94. The maximum Gasteiger partial charge on any atom is 0.245 e. The van der Waals surface area contributed by atoms with E-state index in [2.05, 4.69) is 33.0 Å². The summed E-state index contributed by atoms with van der Waals surface area (Å²) in [6.07, 6.45) is 5.84. The average Bonchev–Trinajstić information content (AvgIpc) is 3.28. The minimum atomic E-state index is -0.231. The summed E-state index contributed by atoms with van der Waals surface area (Å²) in [5, 5.41) is 7.89. The van der Waals surface area contributed by atoms with Crippen LogP contribution in [0.3, 0.4) is 0 Å². The van der Waals surface area contributed by atoms with Gasteiger partial charge in [-0.15, -0.1) is 0 Å². The molecule has 2 amide bonds. The molecule has 3 aromatic rings. The van der Waals surface area contributed by atoms with E-state index in [0.29, 0.717) is 18.8 Å². The van der Waals surface area contributed by atoms with Crippen molar-refractivity contribution in [1.82, 2.24) is 14.7 Å². The zero-order valence-electron chi connectivity index (χ0n) is 23.1. The fourth-order valence-electron chi connectivity index (χ4n) is 4.25. The van der Waals surface area contributed by atoms with Crippen LogP contribution < -0.4 is 5.32 Å². The van der Waals surface area contributed by atoms with Crippen LogP contribution in [-0.2, 0) is 21.5 Å². The minimum Gasteiger partial charge on any atom is -0.329 e. The first-order chi connectivity index (χ1) is 17.7. The van der Waals surface area contributed by atoms with E-state index in [0.717, 1.165) is 41.8 Å². The second-order valence-electron chi connectivity index (χ2n) is 10.8. The van der Waals surface area contributed by atoms with E-state index in [1.54, 1.807) is 9.58 Å². The molecule has 0 saturated heterocycles. The summed E-state index contributed by atoms with van der Waals surface area (Å²) >= 11 is 0. The minimum absolute atomic E-state index is 0.00745. The second-order valence-corrected chi connectivity index (χ2v) is 10.8. The van der Waals surface area contributed by atoms with Crippen molar-refractivity contribution in [3.05, 3.63) is 77.5 Å². The van der Waals surface area contributed by atoms with E-state index in [1.165, 1.54) is 12.8 Å². The van der Waals surface area contributed by atoms with Crippen LogP contribution >= 0.6 is 0 Å². The van der Waals surface area contributed by atoms with Crippen LogP contribution in [0.1, 0.15) is 83.0 Å². The van der Waals surface area contributed by atoms with Crippen LogP contribution in [0.25, 0.3) is 5.69 Å². The summed E-state index contributed by atoms with van der Waals surface area (Å²) in [5.41, 5.74) is 3.69. The number of aryl methyl sites for hydroxylation is 1. The van der Waals surface area contributed by atoms with Crippen molar-refractivity contribution in [2.75, 3.05) is 11.9 Å². The number of hydrogen-bond donors (Lipinski definition) is 1. The number of aromatic nitrogens is 2. The molecule has 2 aromatic carbocycles. The van der Waals surface area contributed by atoms with Gasteiger partial charge in [-0.1, -0.05) is 102 Å². The Morgan fingerprint density at radius 2 is 1.62 bits per heavy atom. The number of hydrogen-bond acceptors (Lipinski definition) is 3. The first kappa shape index (κ1) is 28.2. The van der Waals surface area contributed by atoms with Crippen molar-refractivity contribution in [1.29, 1.82) is 0 Å². The van der Waals surface area contributed by atoms with Crippen molar-refractivity contribution in [3.8, 4) is 5.69 Å². The van der Waals surface area contributed by atoms with Gasteiger partial charge in [-0.2, -0.15) is 5.10 Å². The standard InChI is InChI=1S/C31H42N4O2/c1-6-7-8-9-13-20-30(37)34(22-25-17-11-10-12-18-25)23-29(36)32-28-21-27(31(3,4)5)33-35(28)26-19-15-14-16-24(26)2/h10-12,14-19,21H,6-9,13,20,22-23H2,1-5H3,(H,32,36). The predicted octanol–water partition coefficient (Wildman–Crippen LogP) is 6.81. The largest absolute Gasteiger partial charge is 0.329 e. The monoisotopic (exact) mass is 502 g/mol. The molecule has 0 aliphatic carbocycles. The summed E-state index contributed by atoms with van der Waals surface area (Å²) in [7, 11) is 0. The van der Waals surface area contributed by atoms with Crippen molar-refractivity contribution in [3.63, 3.8) is 0 Å². The van der Waals surface area contributed by atoms with Gasteiger partial charge in [0.05, 0.1) is 11.4 Å². The Hall–Kier alpha value is -3.41. The van der Waals surface area contributed by atoms with Gasteiger partial charge in [0.15, 0.2) is 0 Å². The van der Waals surface area contributed by atoms with E-state index in [-0.39, 0.29) is 23.8 Å². The number of unbranched alkanes of at least 4 members (excludes halogenated alkanes) is 4. The number of para-hydroxylation sites is 1. The third-order valence-corrected chi connectivity index (χ3v) is 6.49. The van der Waals surface area contributed by atoms with Crippen LogP contribution in [0.15, 0.2) is 60.7 Å². The molecule has 0 radical (unpaired) electrons. The molecule has 0 aliphatic heterocycles. The molecule has 0 fully saturated rings. The number of benzene rings is 2. The lowest BCUT2D eigenvalue weighted by Gasteiger charge is -2.23. The highest BCUT2D eigenvalue weighted by atomic mass is 16.2. The molecule has 0 saturated carbocycles. The summed E-state index contributed by atoms with van der Waals surface area (Å²) in [6.45, 7) is 10.9. The molecule has 0 bridgehead atoms. The van der Waals surface area contributed by atoms with Gasteiger partial charge in [-0.3, -0.25) is 9.59 Å². The summed E-state index contributed by atoms with van der Waals surface area (Å²) in [4.78, 5) is 28.1. The number of amides is 2. The van der Waals surface area contributed by atoms with Crippen LogP contribution in [0.4, 0.5) is 5.82 Å². The van der Waals surface area contributed by atoms with Gasteiger partial charge in [0, 0.05) is 24.4 Å². The van der Waals surface area contributed by atoms with E-state index >= 15 is 0 Å². The number of nitrogens with one attached hydrogen (secondary N) is 1. The molecular weight excluding hydrogens is 460 g/mol. The molecule has 1 heterocycles. The Bertz CT molecular complexity index is 1160. The Balaban J connectivity index is 1.79. The smallest absolute Gasteiger partial charge is 0.245 e. The molecule has 3 rings (SSSR count). The molecule has 1 N–H and O–H groups in total. The van der Waals surface area contributed by atoms with Crippen LogP contribution in [-0.4, -0.2) is 33.0 Å². The van der Waals surface area contributed by atoms with E-state index < -0.39 is 0 Å². The van der Waals surface area contributed by atoms with E-state index in [1.807, 2.05) is 67.6 Å². The van der Waals surface area contributed by atoms with Crippen LogP contribution in [0, 0.1) is 6.92 Å². The molecule has 0 aliphatic rings. The highest BCUT2D eigenvalue weighted by Gasteiger charge is 2.23. The topological polar surface area (TPSA) is 67.2 Å². The quantitative estimate of drug-likeness (QED) is 0.277. The Kier molecular flexibility index (Phi) is 10.1. The molecule has 0 atom stereocenters. The number of anilines is 1. The van der Waals surface area contributed by atoms with Crippen LogP contribution in [0.2, 0.25) is 0 Å². The zero-order chi connectivity index (χ0) is 26.8. The SMILES string of the molecule is CCCCCCCC(=O)N(CC(=O)Nc1cc(C(C)(C)C)nn1-c1ccccc1C)Cc1ccccc1. The maximum atomic E-state index is 13.3. The summed E-state index contributed by atoms with van der Waals surface area (Å²) in [6, 6.07) is 19.7. The highest BCUT2D eigenvalue weighted by Crippen LogP contribution is 2.27. The van der Waals surface area contributed by atoms with Gasteiger partial charge >= 0.3 is 0 Å². The summed E-state index contributed by atoms with van der Waals surface area (Å²) < 4.78 is 1.80. The first-order valence-electron chi connectivity index (χ1n) is 13.5. The van der Waals surface area contributed by atoms with E-state index in [9.17, 15) is 9.59 Å².